The number of hydrogen-bond donors (Lipinski definition) is 0. The second-order valence-corrected chi connectivity index (χ2v) is 19.3. The van der Waals surface area contributed by atoms with Crippen molar-refractivity contribution >= 4 is 5.97 Å². The number of esters is 1. The number of hydrogen-bond acceptors (Lipinski definition) is 2. The van der Waals surface area contributed by atoms with Crippen LogP contribution in [0.3, 0.4) is 0 Å². The molecule has 0 aromatic carbocycles. The van der Waals surface area contributed by atoms with Crippen LogP contribution in [0.4, 0.5) is 0 Å². The number of rotatable bonds is 53. The first kappa shape index (κ1) is 57.5. The summed E-state index contributed by atoms with van der Waals surface area (Å²) in [4.78, 5) is 12.1. The molecule has 0 aliphatic carbocycles. The molecule has 0 aromatic rings. The first-order valence-corrected chi connectivity index (χ1v) is 28.0. The van der Waals surface area contributed by atoms with Crippen LogP contribution in [0.5, 0.6) is 0 Å². The summed E-state index contributed by atoms with van der Waals surface area (Å²) in [6.07, 6.45) is 72.8. The highest BCUT2D eigenvalue weighted by Gasteiger charge is 2.03. The van der Waals surface area contributed by atoms with E-state index in [-0.39, 0.29) is 5.97 Å². The lowest BCUT2D eigenvalue weighted by molar-refractivity contribution is -0.143. The lowest BCUT2D eigenvalue weighted by atomic mass is 10.0. The van der Waals surface area contributed by atoms with Crippen LogP contribution >= 0.6 is 0 Å². The van der Waals surface area contributed by atoms with Gasteiger partial charge in [-0.1, -0.05) is 328 Å². The molecule has 0 radical (unpaired) electrons. The van der Waals surface area contributed by atoms with Crippen LogP contribution in [0.2, 0.25) is 0 Å². The summed E-state index contributed by atoms with van der Waals surface area (Å²) in [5.41, 5.74) is 0. The molecule has 0 saturated carbocycles. The summed E-state index contributed by atoms with van der Waals surface area (Å²) >= 11 is 0. The van der Waals surface area contributed by atoms with E-state index >= 15 is 0 Å². The van der Waals surface area contributed by atoms with Crippen molar-refractivity contribution in [2.45, 2.75) is 348 Å². The lowest BCUT2D eigenvalue weighted by Crippen LogP contribution is -2.05. The molecule has 0 unspecified atom stereocenters. The maximum atomic E-state index is 12.1. The minimum Gasteiger partial charge on any atom is -0.466 e. The first-order valence-electron chi connectivity index (χ1n) is 28.0. The molecule has 0 heterocycles. The van der Waals surface area contributed by atoms with E-state index < -0.39 is 0 Å². The first-order chi connectivity index (χ1) is 28.8. The van der Waals surface area contributed by atoms with Gasteiger partial charge in [0.25, 0.3) is 0 Å². The Morgan fingerprint density at radius 3 is 0.569 bits per heavy atom. The Bertz CT molecular complexity index is 717. The van der Waals surface area contributed by atoms with Gasteiger partial charge in [-0.2, -0.15) is 0 Å². The van der Waals surface area contributed by atoms with Crippen LogP contribution in [0, 0.1) is 0 Å². The molecule has 348 valence electrons. The highest BCUT2D eigenvalue weighted by molar-refractivity contribution is 5.69. The quantitative estimate of drug-likeness (QED) is 0.0451. The molecule has 0 aliphatic heterocycles. The number of ether oxygens (including phenoxy) is 1. The highest BCUT2D eigenvalue weighted by Crippen LogP contribution is 2.18. The van der Waals surface area contributed by atoms with Crippen molar-refractivity contribution < 1.29 is 9.53 Å². The highest BCUT2D eigenvalue weighted by atomic mass is 16.5. The summed E-state index contributed by atoms with van der Waals surface area (Å²) in [6.45, 7) is 5.24. The molecule has 0 atom stereocenters. The van der Waals surface area contributed by atoms with Gasteiger partial charge in [0.05, 0.1) is 6.61 Å². The van der Waals surface area contributed by atoms with E-state index in [2.05, 4.69) is 13.8 Å². The van der Waals surface area contributed by atoms with Gasteiger partial charge in [-0.05, 0) is 12.8 Å². The molecule has 0 amide bonds. The van der Waals surface area contributed by atoms with Crippen molar-refractivity contribution in [1.82, 2.24) is 0 Å². The Labute approximate surface area is 368 Å². The summed E-state index contributed by atoms with van der Waals surface area (Å²) in [6, 6.07) is 0. The third-order valence-corrected chi connectivity index (χ3v) is 13.2. The van der Waals surface area contributed by atoms with Crippen LogP contribution in [0.25, 0.3) is 0 Å². The molecule has 0 saturated heterocycles. The molecule has 2 heteroatoms. The summed E-state index contributed by atoms with van der Waals surface area (Å²) in [5, 5.41) is 0. The van der Waals surface area contributed by atoms with Gasteiger partial charge in [-0.3, -0.25) is 4.79 Å². The van der Waals surface area contributed by atoms with E-state index in [0.717, 1.165) is 12.8 Å². The van der Waals surface area contributed by atoms with Crippen LogP contribution in [-0.4, -0.2) is 12.6 Å². The fraction of sp³-hybridized carbons (Fsp3) is 0.982. The largest absolute Gasteiger partial charge is 0.466 e. The monoisotopic (exact) mass is 817 g/mol. The fourth-order valence-electron chi connectivity index (χ4n) is 9.08. The van der Waals surface area contributed by atoms with Crippen LogP contribution in [0.15, 0.2) is 0 Å². The van der Waals surface area contributed by atoms with Crippen molar-refractivity contribution in [2.75, 3.05) is 6.61 Å². The maximum Gasteiger partial charge on any atom is 0.305 e. The van der Waals surface area contributed by atoms with E-state index in [1.54, 1.807) is 0 Å². The van der Waals surface area contributed by atoms with Crippen LogP contribution in [0.1, 0.15) is 348 Å². The van der Waals surface area contributed by atoms with E-state index in [0.29, 0.717) is 13.0 Å². The van der Waals surface area contributed by atoms with Crippen LogP contribution in [-0.2, 0) is 9.53 Å². The summed E-state index contributed by atoms with van der Waals surface area (Å²) in [7, 11) is 0. The van der Waals surface area contributed by atoms with E-state index in [1.165, 1.54) is 315 Å². The Hall–Kier alpha value is -0.530. The van der Waals surface area contributed by atoms with Crippen molar-refractivity contribution in [3.05, 3.63) is 0 Å². The van der Waals surface area contributed by atoms with Gasteiger partial charge in [0.2, 0.25) is 0 Å². The molecule has 2 nitrogen and oxygen atoms in total. The number of carbonyl (C=O) groups is 1. The lowest BCUT2D eigenvalue weighted by Gasteiger charge is -2.06. The molecular formula is C56H112O2. The minimum absolute atomic E-state index is 0.0349. The van der Waals surface area contributed by atoms with Gasteiger partial charge in [0, 0.05) is 6.42 Å². The fourth-order valence-corrected chi connectivity index (χ4v) is 9.08. The van der Waals surface area contributed by atoms with Crippen molar-refractivity contribution in [1.29, 1.82) is 0 Å². The summed E-state index contributed by atoms with van der Waals surface area (Å²) < 4.78 is 5.50. The zero-order valence-electron chi connectivity index (χ0n) is 40.8. The minimum atomic E-state index is 0.0349. The SMILES string of the molecule is CCCCCCCCCCCCCCCCCCCCCCCCCCCCCCCCCCCC(=O)OCCCCCCCCCCCCCCCCCCCC. The molecular weight excluding hydrogens is 705 g/mol. The van der Waals surface area contributed by atoms with Crippen molar-refractivity contribution in [3.8, 4) is 0 Å². The third-order valence-electron chi connectivity index (χ3n) is 13.2. The average Bonchev–Trinajstić information content (AvgIpc) is 3.23. The normalized spacial score (nSPS) is 11.6. The Morgan fingerprint density at radius 2 is 0.379 bits per heavy atom. The standard InChI is InChI=1S/C56H112O2/c1-3-5-7-9-11-13-15-17-19-21-23-24-25-26-27-28-29-30-31-32-33-34-35-36-37-38-40-42-44-46-48-50-52-54-56(57)58-55-53-51-49-47-45-43-41-39-22-20-18-16-14-12-10-8-6-4-2/h3-55H2,1-2H3. The van der Waals surface area contributed by atoms with E-state index in [4.69, 9.17) is 4.74 Å². The molecule has 0 rings (SSSR count). The molecule has 0 aliphatic rings. The predicted molar refractivity (Wildman–Crippen MR) is 262 cm³/mol. The topological polar surface area (TPSA) is 26.3 Å². The Balaban J connectivity index is 3.13. The third kappa shape index (κ3) is 53.5. The molecule has 0 aromatic heterocycles. The maximum absolute atomic E-state index is 12.1. The van der Waals surface area contributed by atoms with Crippen LogP contribution < -0.4 is 0 Å². The summed E-state index contributed by atoms with van der Waals surface area (Å²) in [5.74, 6) is 0.0349. The molecule has 0 N–H and O–H groups in total. The molecule has 58 heavy (non-hydrogen) atoms. The van der Waals surface area contributed by atoms with Crippen molar-refractivity contribution in [3.63, 3.8) is 0 Å². The van der Waals surface area contributed by atoms with Gasteiger partial charge >= 0.3 is 5.97 Å². The Kier molecular flexibility index (Phi) is 54.0. The molecule has 0 fully saturated rings. The molecule has 0 bridgehead atoms. The van der Waals surface area contributed by atoms with Gasteiger partial charge < -0.3 is 4.74 Å². The number of carbonyl (C=O) groups excluding carboxylic acids is 1. The predicted octanol–water partition coefficient (Wildman–Crippen LogP) is 20.9. The van der Waals surface area contributed by atoms with Gasteiger partial charge in [-0.25, -0.2) is 0 Å². The van der Waals surface area contributed by atoms with Gasteiger partial charge in [0.15, 0.2) is 0 Å². The number of unbranched alkanes of at least 4 members (excludes halogenated alkanes) is 49. The Morgan fingerprint density at radius 1 is 0.224 bits per heavy atom. The average molecular weight is 818 g/mol. The zero-order valence-corrected chi connectivity index (χ0v) is 40.8. The van der Waals surface area contributed by atoms with E-state index in [1.807, 2.05) is 0 Å². The van der Waals surface area contributed by atoms with Gasteiger partial charge in [-0.15, -0.1) is 0 Å². The van der Waals surface area contributed by atoms with Crippen molar-refractivity contribution in [2.24, 2.45) is 0 Å². The smallest absolute Gasteiger partial charge is 0.305 e. The van der Waals surface area contributed by atoms with Gasteiger partial charge in [0.1, 0.15) is 0 Å². The molecule has 0 spiro atoms. The zero-order chi connectivity index (χ0) is 41.8. The van der Waals surface area contributed by atoms with E-state index in [9.17, 15) is 4.79 Å². The second-order valence-electron chi connectivity index (χ2n) is 19.3. The second kappa shape index (κ2) is 54.5.